The van der Waals surface area contributed by atoms with Crippen molar-refractivity contribution in [2.45, 2.75) is 57.6 Å². The number of amides is 1. The molecule has 1 aliphatic carbocycles. The molecule has 1 aliphatic heterocycles. The number of likely N-dealkylation sites (tertiary alicyclic amines) is 1. The molecule has 0 spiro atoms. The van der Waals surface area contributed by atoms with Crippen LogP contribution in [0.2, 0.25) is 0 Å². The van der Waals surface area contributed by atoms with Gasteiger partial charge in [-0.3, -0.25) is 15.0 Å². The minimum absolute atomic E-state index is 0.0340. The Bertz CT molecular complexity index is 1620. The maximum Gasteiger partial charge on any atom is 0.433 e. The lowest BCUT2D eigenvalue weighted by Gasteiger charge is -2.22. The van der Waals surface area contributed by atoms with E-state index in [2.05, 4.69) is 9.97 Å². The fraction of sp³-hybridized carbons (Fsp3) is 0.467. The van der Waals surface area contributed by atoms with Crippen LogP contribution < -0.4 is 4.74 Å². The molecule has 1 amide bonds. The van der Waals surface area contributed by atoms with Crippen LogP contribution in [0.15, 0.2) is 28.7 Å². The Kier molecular flexibility index (Phi) is 9.17. The van der Waals surface area contributed by atoms with Gasteiger partial charge in [0.15, 0.2) is 5.69 Å². The van der Waals surface area contributed by atoms with Crippen molar-refractivity contribution < 1.29 is 46.1 Å². The summed E-state index contributed by atoms with van der Waals surface area (Å²) >= 11 is 0. The van der Waals surface area contributed by atoms with Crippen LogP contribution in [0.3, 0.4) is 0 Å². The summed E-state index contributed by atoms with van der Waals surface area (Å²) in [6, 6.07) is 4.04. The molecule has 2 aromatic heterocycles. The van der Waals surface area contributed by atoms with Gasteiger partial charge >= 0.3 is 19.6 Å². The van der Waals surface area contributed by atoms with Crippen LogP contribution in [0.25, 0.3) is 22.4 Å². The van der Waals surface area contributed by atoms with E-state index in [1.165, 1.54) is 37.7 Å². The second-order valence-corrected chi connectivity index (χ2v) is 11.1. The van der Waals surface area contributed by atoms with Crippen molar-refractivity contribution in [2.75, 3.05) is 20.3 Å². The third kappa shape index (κ3) is 6.66. The first-order valence-corrected chi connectivity index (χ1v) is 14.5. The number of carbonyl (C=O) groups is 3. The molecule has 2 aliphatic rings. The molecule has 1 N–H and O–H groups in total. The molecule has 3 aromatic rings. The highest BCUT2D eigenvalue weighted by atomic mass is 19.4. The quantitative estimate of drug-likeness (QED) is 0.127. The normalized spacial score (nSPS) is 18.8. The van der Waals surface area contributed by atoms with Gasteiger partial charge in [-0.05, 0) is 56.4 Å². The first-order valence-electron chi connectivity index (χ1n) is 14.5. The van der Waals surface area contributed by atoms with Crippen molar-refractivity contribution in [1.82, 2.24) is 14.9 Å². The number of carbonyl (C=O) groups excluding carboxylic acids is 3. The summed E-state index contributed by atoms with van der Waals surface area (Å²) < 4.78 is 62.0. The lowest BCUT2D eigenvalue weighted by Crippen LogP contribution is -2.42. The number of Topliss-reactive ketones (excluding diaryl/α,β-unsaturated/α-hetero) is 1. The van der Waals surface area contributed by atoms with Crippen LogP contribution in [-0.2, 0) is 25.2 Å². The number of fused-ring (bicyclic) bond motifs is 1. The molecule has 1 radical (unpaired) electrons. The van der Waals surface area contributed by atoms with Crippen LogP contribution in [0, 0.1) is 17.2 Å². The number of oxazole rings is 1. The SMILES string of the molecule is CCOC(=O)[C@@H]1C[C@@H](CC(=O)C2CC2)CN1C(=O)c1nc(-c2ccc(OC)c3nc(C(F)(F)F)ccc23)oc1[C@H](C)[B]OC=N. The van der Waals surface area contributed by atoms with Crippen molar-refractivity contribution in [3.05, 3.63) is 41.4 Å². The number of nitrogens with zero attached hydrogens (tertiary/aromatic N) is 3. The number of rotatable bonds is 12. The zero-order chi connectivity index (χ0) is 32.5. The van der Waals surface area contributed by atoms with Gasteiger partial charge in [0.25, 0.3) is 5.91 Å². The number of aromatic nitrogens is 2. The summed E-state index contributed by atoms with van der Waals surface area (Å²) in [5.41, 5.74) is -1.12. The molecule has 0 unspecified atom stereocenters. The summed E-state index contributed by atoms with van der Waals surface area (Å²) in [5.74, 6) is -2.04. The number of pyridine rings is 1. The highest BCUT2D eigenvalue weighted by Gasteiger charge is 2.44. The number of hydrogen-bond acceptors (Lipinski definition) is 10. The van der Waals surface area contributed by atoms with Gasteiger partial charge in [-0.25, -0.2) is 14.8 Å². The zero-order valence-corrected chi connectivity index (χ0v) is 24.8. The molecule has 1 saturated heterocycles. The molecule has 3 heterocycles. The molecular formula is C30H31BF3N4O7. The lowest BCUT2D eigenvalue weighted by molar-refractivity contribution is -0.147. The molecule has 1 saturated carbocycles. The topological polar surface area (TPSA) is 145 Å². The van der Waals surface area contributed by atoms with Crippen molar-refractivity contribution in [3.8, 4) is 17.2 Å². The summed E-state index contributed by atoms with van der Waals surface area (Å²) in [6.45, 7) is 3.51. The van der Waals surface area contributed by atoms with E-state index in [1.807, 2.05) is 0 Å². The van der Waals surface area contributed by atoms with Crippen molar-refractivity contribution >= 4 is 42.4 Å². The zero-order valence-electron chi connectivity index (χ0n) is 24.8. The predicted octanol–water partition coefficient (Wildman–Crippen LogP) is 4.98. The lowest BCUT2D eigenvalue weighted by atomic mass is 9.79. The third-order valence-corrected chi connectivity index (χ3v) is 7.91. The molecule has 5 rings (SSSR count). The summed E-state index contributed by atoms with van der Waals surface area (Å²) in [4.78, 5) is 49.3. The van der Waals surface area contributed by atoms with Gasteiger partial charge in [0.1, 0.15) is 40.9 Å². The van der Waals surface area contributed by atoms with Crippen molar-refractivity contribution in [3.63, 3.8) is 0 Å². The van der Waals surface area contributed by atoms with Gasteiger partial charge in [-0.15, -0.1) is 0 Å². The van der Waals surface area contributed by atoms with E-state index >= 15 is 0 Å². The van der Waals surface area contributed by atoms with Gasteiger partial charge in [-0.1, -0.05) is 6.92 Å². The third-order valence-electron chi connectivity index (χ3n) is 7.91. The Balaban J connectivity index is 1.57. The molecule has 0 bridgehead atoms. The largest absolute Gasteiger partial charge is 0.555 e. The molecule has 2 fully saturated rings. The molecule has 15 heteroatoms. The Labute approximate surface area is 257 Å². The van der Waals surface area contributed by atoms with Gasteiger partial charge in [0.05, 0.1) is 13.7 Å². The number of hydrogen-bond donors (Lipinski definition) is 1. The van der Waals surface area contributed by atoms with Crippen molar-refractivity contribution in [1.29, 1.82) is 5.41 Å². The average molecular weight is 627 g/mol. The number of ether oxygens (including phenoxy) is 2. The fourth-order valence-corrected chi connectivity index (χ4v) is 5.58. The number of methoxy groups -OCH3 is 1. The summed E-state index contributed by atoms with van der Waals surface area (Å²) in [6.07, 6.45) is -1.83. The standard InChI is InChI=1S/C30H31BF3N4O7/c1-4-43-29(41)20-11-16(12-21(39)17-5-6-17)13-38(20)28(40)25-26(15(2)31-44-14-35)45-27(37-25)19-7-9-22(42-3)24-18(19)8-10-23(36-24)30(32,33)34/h7-10,14-17,20,35H,4-6,11-13H2,1-3H3/t15-,16-,20-/m0/s1. The number of halogens is 3. The number of alkyl halides is 3. The Morgan fingerprint density at radius 3 is 2.60 bits per heavy atom. The van der Waals surface area contributed by atoms with E-state index < -0.39 is 35.6 Å². The number of ketones is 1. The van der Waals surface area contributed by atoms with Crippen LogP contribution in [0.4, 0.5) is 13.2 Å². The Hall–Kier alpha value is -4.43. The van der Waals surface area contributed by atoms with Crippen LogP contribution in [0.5, 0.6) is 5.75 Å². The van der Waals surface area contributed by atoms with E-state index in [9.17, 15) is 27.6 Å². The van der Waals surface area contributed by atoms with E-state index in [-0.39, 0.29) is 83.2 Å². The van der Waals surface area contributed by atoms with E-state index in [1.54, 1.807) is 13.8 Å². The Morgan fingerprint density at radius 2 is 1.96 bits per heavy atom. The maximum atomic E-state index is 14.2. The average Bonchev–Trinajstić information content (AvgIpc) is 3.64. The van der Waals surface area contributed by atoms with Gasteiger partial charge in [0, 0.05) is 35.7 Å². The Morgan fingerprint density at radius 1 is 1.20 bits per heavy atom. The van der Waals surface area contributed by atoms with Crippen molar-refractivity contribution in [2.24, 2.45) is 11.8 Å². The molecule has 11 nitrogen and oxygen atoms in total. The minimum Gasteiger partial charge on any atom is -0.555 e. The monoisotopic (exact) mass is 627 g/mol. The summed E-state index contributed by atoms with van der Waals surface area (Å²) in [7, 11) is 2.56. The smallest absolute Gasteiger partial charge is 0.433 e. The maximum absolute atomic E-state index is 14.2. The van der Waals surface area contributed by atoms with E-state index in [0.29, 0.717) is 6.40 Å². The highest BCUT2D eigenvalue weighted by Crippen LogP contribution is 2.39. The van der Waals surface area contributed by atoms with Gasteiger partial charge in [-0.2, -0.15) is 13.2 Å². The molecular weight excluding hydrogens is 596 g/mol. The number of esters is 1. The second-order valence-electron chi connectivity index (χ2n) is 11.1. The first kappa shape index (κ1) is 32.0. The molecule has 45 heavy (non-hydrogen) atoms. The van der Waals surface area contributed by atoms with Gasteiger partial charge in [0.2, 0.25) is 5.89 Å². The van der Waals surface area contributed by atoms with E-state index in [0.717, 1.165) is 18.9 Å². The minimum atomic E-state index is -4.70. The molecule has 237 valence electrons. The second kappa shape index (κ2) is 12.9. The number of nitrogens with one attached hydrogen (secondary N) is 1. The molecule has 1 aromatic carbocycles. The van der Waals surface area contributed by atoms with E-state index in [4.69, 9.17) is 24.0 Å². The van der Waals surface area contributed by atoms with Crippen LogP contribution >= 0.6 is 0 Å². The van der Waals surface area contributed by atoms with Crippen LogP contribution in [0.1, 0.15) is 67.3 Å². The molecule has 3 atom stereocenters. The summed E-state index contributed by atoms with van der Waals surface area (Å²) in [5, 5.41) is 7.44. The highest BCUT2D eigenvalue weighted by molar-refractivity contribution is 6.32. The fourth-order valence-electron chi connectivity index (χ4n) is 5.58. The number of benzene rings is 1. The predicted molar refractivity (Wildman–Crippen MR) is 155 cm³/mol. The first-order chi connectivity index (χ1) is 21.5. The van der Waals surface area contributed by atoms with Crippen LogP contribution in [-0.4, -0.2) is 72.7 Å². The van der Waals surface area contributed by atoms with Gasteiger partial charge < -0.3 is 23.4 Å².